The lowest BCUT2D eigenvalue weighted by molar-refractivity contribution is -0.114. The molecule has 0 radical (unpaired) electrons. The molecule has 7 nitrogen and oxygen atoms in total. The molecule has 0 fully saturated rings. The van der Waals surface area contributed by atoms with Crippen molar-refractivity contribution in [2.24, 2.45) is 0 Å². The topological polar surface area (TPSA) is 89.6 Å². The Labute approximate surface area is 165 Å². The molecule has 0 saturated heterocycles. The fraction of sp³-hybridized carbons (Fsp3) is 0.150. The molecule has 0 unspecified atom stereocenters. The van der Waals surface area contributed by atoms with Gasteiger partial charge in [0.15, 0.2) is 16.6 Å². The zero-order valence-corrected chi connectivity index (χ0v) is 15.8. The van der Waals surface area contributed by atoms with Gasteiger partial charge in [0.1, 0.15) is 13.2 Å². The van der Waals surface area contributed by atoms with Gasteiger partial charge >= 0.3 is 0 Å². The summed E-state index contributed by atoms with van der Waals surface area (Å²) >= 11 is 1.33. The Morgan fingerprint density at radius 1 is 1.04 bits per heavy atom. The summed E-state index contributed by atoms with van der Waals surface area (Å²) in [6.07, 6.45) is 0. The number of rotatable bonds is 4. The molecule has 2 N–H and O–H groups in total. The highest BCUT2D eigenvalue weighted by Gasteiger charge is 2.15. The fourth-order valence-electron chi connectivity index (χ4n) is 2.78. The van der Waals surface area contributed by atoms with Crippen LogP contribution in [0.5, 0.6) is 11.5 Å². The monoisotopic (exact) mass is 395 g/mol. The van der Waals surface area contributed by atoms with E-state index in [1.165, 1.54) is 18.3 Å². The molecule has 142 valence electrons. The number of hydrogen-bond acceptors (Lipinski definition) is 6. The quantitative estimate of drug-likeness (QED) is 0.702. The van der Waals surface area contributed by atoms with Crippen molar-refractivity contribution in [2.45, 2.75) is 6.92 Å². The molecule has 1 aliphatic heterocycles. The number of anilines is 2. The Morgan fingerprint density at radius 2 is 1.86 bits per heavy atom. The van der Waals surface area contributed by atoms with Gasteiger partial charge in [0.05, 0.1) is 5.69 Å². The second-order valence-corrected chi connectivity index (χ2v) is 6.97. The van der Waals surface area contributed by atoms with Crippen LogP contribution in [0.25, 0.3) is 11.3 Å². The number of fused-ring (bicyclic) bond motifs is 1. The highest BCUT2D eigenvalue weighted by atomic mass is 32.1. The van der Waals surface area contributed by atoms with Crippen molar-refractivity contribution >= 4 is 34.0 Å². The molecule has 0 bridgehead atoms. The van der Waals surface area contributed by atoms with Gasteiger partial charge in [0.25, 0.3) is 5.91 Å². The van der Waals surface area contributed by atoms with E-state index in [1.807, 2.05) is 23.6 Å². The number of nitrogens with zero attached hydrogens (tertiary/aromatic N) is 1. The second-order valence-electron chi connectivity index (χ2n) is 6.11. The first-order valence-corrected chi connectivity index (χ1v) is 9.51. The Balaban J connectivity index is 1.49. The first-order valence-electron chi connectivity index (χ1n) is 8.63. The molecule has 1 aliphatic rings. The van der Waals surface area contributed by atoms with Gasteiger partial charge in [-0.15, -0.1) is 11.3 Å². The first-order chi connectivity index (χ1) is 13.6. The summed E-state index contributed by atoms with van der Waals surface area (Å²) in [6.45, 7) is 2.48. The molecule has 3 aromatic rings. The van der Waals surface area contributed by atoms with Crippen LogP contribution in [0.3, 0.4) is 0 Å². The number of ether oxygens (including phenoxy) is 2. The van der Waals surface area contributed by atoms with Crippen molar-refractivity contribution in [3.05, 3.63) is 53.4 Å². The molecule has 4 rings (SSSR count). The summed E-state index contributed by atoms with van der Waals surface area (Å²) in [7, 11) is 0. The van der Waals surface area contributed by atoms with Gasteiger partial charge in [-0.1, -0.05) is 6.07 Å². The summed E-state index contributed by atoms with van der Waals surface area (Å²) in [4.78, 5) is 28.2. The molecule has 0 saturated carbocycles. The van der Waals surface area contributed by atoms with Crippen LogP contribution in [-0.4, -0.2) is 30.0 Å². The van der Waals surface area contributed by atoms with Crippen LogP contribution in [0.2, 0.25) is 0 Å². The van der Waals surface area contributed by atoms with Gasteiger partial charge in [0.2, 0.25) is 5.91 Å². The van der Waals surface area contributed by atoms with Crippen LogP contribution >= 0.6 is 11.3 Å². The maximum atomic E-state index is 12.5. The maximum Gasteiger partial charge on any atom is 0.257 e. The second kappa shape index (κ2) is 7.69. The number of carbonyl (C=O) groups excluding carboxylic acids is 2. The van der Waals surface area contributed by atoms with Crippen LogP contribution in [0.4, 0.5) is 10.8 Å². The Kier molecular flexibility index (Phi) is 4.94. The van der Waals surface area contributed by atoms with Gasteiger partial charge in [-0.25, -0.2) is 4.98 Å². The third-order valence-corrected chi connectivity index (χ3v) is 4.77. The van der Waals surface area contributed by atoms with Gasteiger partial charge < -0.3 is 14.8 Å². The highest BCUT2D eigenvalue weighted by Crippen LogP contribution is 2.35. The van der Waals surface area contributed by atoms with Crippen LogP contribution in [0.1, 0.15) is 17.3 Å². The van der Waals surface area contributed by atoms with Gasteiger partial charge in [-0.3, -0.25) is 14.9 Å². The minimum Gasteiger partial charge on any atom is -0.486 e. The van der Waals surface area contributed by atoms with E-state index in [4.69, 9.17) is 9.47 Å². The van der Waals surface area contributed by atoms with Gasteiger partial charge in [-0.05, 0) is 36.4 Å². The molecule has 1 aromatic heterocycles. The van der Waals surface area contributed by atoms with E-state index in [1.54, 1.807) is 24.3 Å². The predicted molar refractivity (Wildman–Crippen MR) is 107 cm³/mol. The smallest absolute Gasteiger partial charge is 0.257 e. The zero-order chi connectivity index (χ0) is 19.5. The van der Waals surface area contributed by atoms with Crippen molar-refractivity contribution in [3.63, 3.8) is 0 Å². The van der Waals surface area contributed by atoms with E-state index < -0.39 is 0 Å². The third-order valence-electron chi connectivity index (χ3n) is 4.01. The third kappa shape index (κ3) is 3.96. The van der Waals surface area contributed by atoms with Crippen LogP contribution in [-0.2, 0) is 4.79 Å². The minimum absolute atomic E-state index is 0.193. The number of hydrogen-bond donors (Lipinski definition) is 2. The molecule has 0 atom stereocenters. The Hall–Kier alpha value is -3.39. The lowest BCUT2D eigenvalue weighted by Gasteiger charge is -2.18. The van der Waals surface area contributed by atoms with E-state index in [0.29, 0.717) is 35.3 Å². The molecule has 8 heteroatoms. The average molecular weight is 395 g/mol. The lowest BCUT2D eigenvalue weighted by Crippen LogP contribution is -2.15. The normalized spacial score (nSPS) is 12.3. The van der Waals surface area contributed by atoms with E-state index >= 15 is 0 Å². The van der Waals surface area contributed by atoms with Gasteiger partial charge in [-0.2, -0.15) is 0 Å². The molecule has 2 heterocycles. The average Bonchev–Trinajstić information content (AvgIpc) is 3.16. The number of nitrogens with one attached hydrogen (secondary N) is 2. The van der Waals surface area contributed by atoms with E-state index in [-0.39, 0.29) is 11.8 Å². The van der Waals surface area contributed by atoms with E-state index in [0.717, 1.165) is 17.0 Å². The molecule has 2 aromatic carbocycles. The van der Waals surface area contributed by atoms with Gasteiger partial charge in [0, 0.05) is 29.1 Å². The maximum absolute atomic E-state index is 12.5. The highest BCUT2D eigenvalue weighted by molar-refractivity contribution is 7.14. The van der Waals surface area contributed by atoms with Crippen molar-refractivity contribution in [1.82, 2.24) is 4.98 Å². The molecule has 2 amide bonds. The Bertz CT molecular complexity index is 1050. The van der Waals surface area contributed by atoms with Crippen molar-refractivity contribution in [3.8, 4) is 22.8 Å². The molecule has 0 spiro atoms. The summed E-state index contributed by atoms with van der Waals surface area (Å²) in [5.41, 5.74) is 2.62. The van der Waals surface area contributed by atoms with Crippen molar-refractivity contribution < 1.29 is 19.1 Å². The summed E-state index contributed by atoms with van der Waals surface area (Å²) < 4.78 is 11.1. The van der Waals surface area contributed by atoms with Crippen molar-refractivity contribution in [1.29, 1.82) is 0 Å². The number of amides is 2. The van der Waals surface area contributed by atoms with Crippen LogP contribution in [0.15, 0.2) is 47.8 Å². The predicted octanol–water partition coefficient (Wildman–Crippen LogP) is 3.79. The van der Waals surface area contributed by atoms with Crippen LogP contribution < -0.4 is 20.1 Å². The SMILES string of the molecule is CC(=O)Nc1cccc(C(=O)Nc2nc(-c3ccc4c(c3)OCCO4)cs2)c1. The molecular weight excluding hydrogens is 378 g/mol. The van der Waals surface area contributed by atoms with E-state index in [2.05, 4.69) is 15.6 Å². The number of aromatic nitrogens is 1. The first kappa shape index (κ1) is 18.0. The summed E-state index contributed by atoms with van der Waals surface area (Å²) in [5, 5.41) is 7.81. The Morgan fingerprint density at radius 3 is 2.68 bits per heavy atom. The zero-order valence-electron chi connectivity index (χ0n) is 15.0. The lowest BCUT2D eigenvalue weighted by atomic mass is 10.1. The fourth-order valence-corrected chi connectivity index (χ4v) is 3.49. The minimum atomic E-state index is -0.296. The molecular formula is C20H17N3O4S. The molecule has 0 aliphatic carbocycles. The van der Waals surface area contributed by atoms with Crippen LogP contribution in [0, 0.1) is 0 Å². The standard InChI is InChI=1S/C20H17N3O4S/c1-12(24)21-15-4-2-3-14(9-15)19(25)23-20-22-16(11-28-20)13-5-6-17-18(10-13)27-8-7-26-17/h2-6,9-11H,7-8H2,1H3,(H,21,24)(H,22,23,25). The van der Waals surface area contributed by atoms with E-state index in [9.17, 15) is 9.59 Å². The number of benzene rings is 2. The summed E-state index contributed by atoms with van der Waals surface area (Å²) in [6, 6.07) is 12.4. The number of thiazole rings is 1. The van der Waals surface area contributed by atoms with Crippen molar-refractivity contribution in [2.75, 3.05) is 23.8 Å². The summed E-state index contributed by atoms with van der Waals surface area (Å²) in [5.74, 6) is 0.923. The molecule has 28 heavy (non-hydrogen) atoms. The number of carbonyl (C=O) groups is 2. The largest absolute Gasteiger partial charge is 0.486 e.